The molecule has 0 bridgehead atoms. The fraction of sp³-hybridized carbons (Fsp3) is 0.600. The Balaban J connectivity index is 1.98. The van der Waals surface area contributed by atoms with E-state index in [1.54, 1.807) is 7.11 Å². The normalized spacial score (nSPS) is 25.5. The van der Waals surface area contributed by atoms with Crippen LogP contribution in [-0.4, -0.2) is 38.3 Å². The predicted molar refractivity (Wildman–Crippen MR) is 73.3 cm³/mol. The van der Waals surface area contributed by atoms with Gasteiger partial charge < -0.3 is 14.4 Å². The van der Waals surface area contributed by atoms with Gasteiger partial charge in [0.15, 0.2) is 0 Å². The summed E-state index contributed by atoms with van der Waals surface area (Å²) in [6.07, 6.45) is 2.67. The first-order valence-electron chi connectivity index (χ1n) is 6.68. The minimum absolute atomic E-state index is 0.323. The molecule has 0 N–H and O–H groups in total. The number of benzene rings is 1. The highest BCUT2D eigenvalue weighted by molar-refractivity contribution is 5.31. The molecule has 100 valence electrons. The van der Waals surface area contributed by atoms with Crippen LogP contribution in [-0.2, 0) is 0 Å². The molecule has 1 fully saturated rings. The fourth-order valence-electron chi connectivity index (χ4n) is 2.55. The molecule has 3 heteroatoms. The van der Waals surface area contributed by atoms with E-state index in [0.29, 0.717) is 12.0 Å². The SMILES string of the molecule is COc1ccc(OC2CCCN(C)CC2C)cc1. The molecule has 0 saturated carbocycles. The molecule has 1 aromatic carbocycles. The predicted octanol–water partition coefficient (Wildman–Crippen LogP) is 2.80. The quantitative estimate of drug-likeness (QED) is 0.822. The molecule has 0 amide bonds. The molecule has 0 spiro atoms. The summed E-state index contributed by atoms with van der Waals surface area (Å²) in [6, 6.07) is 7.87. The minimum Gasteiger partial charge on any atom is -0.497 e. The summed E-state index contributed by atoms with van der Waals surface area (Å²) in [5, 5.41) is 0. The number of methoxy groups -OCH3 is 1. The molecule has 1 aromatic rings. The third-order valence-electron chi connectivity index (χ3n) is 3.61. The lowest BCUT2D eigenvalue weighted by molar-refractivity contribution is 0.131. The molecule has 1 heterocycles. The van der Waals surface area contributed by atoms with Gasteiger partial charge in [-0.3, -0.25) is 0 Å². The van der Waals surface area contributed by atoms with Gasteiger partial charge in [0, 0.05) is 12.5 Å². The van der Waals surface area contributed by atoms with Crippen LogP contribution in [0.2, 0.25) is 0 Å². The first-order valence-corrected chi connectivity index (χ1v) is 6.68. The first kappa shape index (κ1) is 13.2. The summed E-state index contributed by atoms with van der Waals surface area (Å²) in [4.78, 5) is 2.39. The van der Waals surface area contributed by atoms with Crippen LogP contribution in [0.1, 0.15) is 19.8 Å². The van der Waals surface area contributed by atoms with Crippen molar-refractivity contribution in [2.24, 2.45) is 5.92 Å². The van der Waals surface area contributed by atoms with Crippen molar-refractivity contribution in [1.82, 2.24) is 4.90 Å². The number of nitrogens with zero attached hydrogens (tertiary/aromatic N) is 1. The zero-order valence-corrected chi connectivity index (χ0v) is 11.6. The van der Waals surface area contributed by atoms with Crippen LogP contribution in [0.3, 0.4) is 0 Å². The van der Waals surface area contributed by atoms with Crippen molar-refractivity contribution in [1.29, 1.82) is 0 Å². The second kappa shape index (κ2) is 6.10. The van der Waals surface area contributed by atoms with Gasteiger partial charge in [-0.25, -0.2) is 0 Å². The molecule has 1 saturated heterocycles. The highest BCUT2D eigenvalue weighted by atomic mass is 16.5. The Hall–Kier alpha value is -1.22. The molecule has 0 aromatic heterocycles. The molecular weight excluding hydrogens is 226 g/mol. The number of hydrogen-bond acceptors (Lipinski definition) is 3. The van der Waals surface area contributed by atoms with E-state index >= 15 is 0 Å². The van der Waals surface area contributed by atoms with Crippen molar-refractivity contribution in [3.63, 3.8) is 0 Å². The minimum atomic E-state index is 0.323. The molecule has 0 radical (unpaired) electrons. The lowest BCUT2D eigenvalue weighted by Gasteiger charge is -2.24. The van der Waals surface area contributed by atoms with Gasteiger partial charge in [-0.05, 0) is 50.7 Å². The van der Waals surface area contributed by atoms with E-state index in [2.05, 4.69) is 18.9 Å². The number of rotatable bonds is 3. The molecule has 3 nitrogen and oxygen atoms in total. The van der Waals surface area contributed by atoms with Crippen molar-refractivity contribution in [3.05, 3.63) is 24.3 Å². The average molecular weight is 249 g/mol. The van der Waals surface area contributed by atoms with Crippen LogP contribution in [0.15, 0.2) is 24.3 Å². The van der Waals surface area contributed by atoms with Gasteiger partial charge in [0.2, 0.25) is 0 Å². The third kappa shape index (κ3) is 3.39. The molecule has 1 aliphatic heterocycles. The van der Waals surface area contributed by atoms with Crippen LogP contribution in [0.5, 0.6) is 11.5 Å². The average Bonchev–Trinajstić information content (AvgIpc) is 2.52. The van der Waals surface area contributed by atoms with Gasteiger partial charge in [-0.1, -0.05) is 6.92 Å². The second-order valence-electron chi connectivity index (χ2n) is 5.21. The Labute approximate surface area is 110 Å². The third-order valence-corrected chi connectivity index (χ3v) is 3.61. The van der Waals surface area contributed by atoms with Crippen LogP contribution >= 0.6 is 0 Å². The van der Waals surface area contributed by atoms with Crippen LogP contribution in [0, 0.1) is 5.92 Å². The summed E-state index contributed by atoms with van der Waals surface area (Å²) in [7, 11) is 3.87. The summed E-state index contributed by atoms with van der Waals surface area (Å²) >= 11 is 0. The largest absolute Gasteiger partial charge is 0.497 e. The van der Waals surface area contributed by atoms with E-state index in [1.807, 2.05) is 24.3 Å². The van der Waals surface area contributed by atoms with Crippen molar-refractivity contribution in [3.8, 4) is 11.5 Å². The van der Waals surface area contributed by atoms with Crippen molar-refractivity contribution in [2.75, 3.05) is 27.2 Å². The zero-order chi connectivity index (χ0) is 13.0. The number of ether oxygens (including phenoxy) is 2. The van der Waals surface area contributed by atoms with E-state index in [-0.39, 0.29) is 0 Å². The molecular formula is C15H23NO2. The molecule has 1 aliphatic rings. The second-order valence-corrected chi connectivity index (χ2v) is 5.21. The first-order chi connectivity index (χ1) is 8.69. The lowest BCUT2D eigenvalue weighted by atomic mass is 10.0. The molecule has 2 atom stereocenters. The summed E-state index contributed by atoms with van der Waals surface area (Å²) < 4.78 is 11.3. The summed E-state index contributed by atoms with van der Waals surface area (Å²) in [5.41, 5.74) is 0. The van der Waals surface area contributed by atoms with Gasteiger partial charge in [0.1, 0.15) is 17.6 Å². The number of likely N-dealkylation sites (tertiary alicyclic amines) is 1. The standard InChI is InChI=1S/C15H23NO2/c1-12-11-16(2)10-4-5-15(12)18-14-8-6-13(17-3)7-9-14/h6-9,12,15H,4-5,10-11H2,1-3H3. The van der Waals surface area contributed by atoms with Crippen molar-refractivity contribution in [2.45, 2.75) is 25.9 Å². The van der Waals surface area contributed by atoms with Crippen LogP contribution < -0.4 is 9.47 Å². The Bertz CT molecular complexity index is 363. The Morgan fingerprint density at radius 2 is 1.83 bits per heavy atom. The van der Waals surface area contributed by atoms with Crippen molar-refractivity contribution >= 4 is 0 Å². The van der Waals surface area contributed by atoms with Gasteiger partial charge in [0.05, 0.1) is 7.11 Å². The van der Waals surface area contributed by atoms with Crippen LogP contribution in [0.25, 0.3) is 0 Å². The van der Waals surface area contributed by atoms with Gasteiger partial charge in [-0.2, -0.15) is 0 Å². The van der Waals surface area contributed by atoms with E-state index < -0.39 is 0 Å². The zero-order valence-electron chi connectivity index (χ0n) is 11.6. The maximum atomic E-state index is 6.11. The topological polar surface area (TPSA) is 21.7 Å². The molecule has 18 heavy (non-hydrogen) atoms. The van der Waals surface area contributed by atoms with E-state index in [0.717, 1.165) is 24.5 Å². The highest BCUT2D eigenvalue weighted by Gasteiger charge is 2.23. The summed E-state index contributed by atoms with van der Waals surface area (Å²) in [6.45, 7) is 4.56. The van der Waals surface area contributed by atoms with Crippen LogP contribution in [0.4, 0.5) is 0 Å². The highest BCUT2D eigenvalue weighted by Crippen LogP contribution is 2.24. The Morgan fingerprint density at radius 3 is 2.50 bits per heavy atom. The Kier molecular flexibility index (Phi) is 4.48. The van der Waals surface area contributed by atoms with E-state index in [1.165, 1.54) is 13.0 Å². The van der Waals surface area contributed by atoms with Gasteiger partial charge in [0.25, 0.3) is 0 Å². The van der Waals surface area contributed by atoms with Gasteiger partial charge in [-0.15, -0.1) is 0 Å². The Morgan fingerprint density at radius 1 is 1.17 bits per heavy atom. The number of hydrogen-bond donors (Lipinski definition) is 0. The fourth-order valence-corrected chi connectivity index (χ4v) is 2.55. The smallest absolute Gasteiger partial charge is 0.120 e. The van der Waals surface area contributed by atoms with Crippen molar-refractivity contribution < 1.29 is 9.47 Å². The maximum Gasteiger partial charge on any atom is 0.120 e. The van der Waals surface area contributed by atoms with E-state index in [9.17, 15) is 0 Å². The molecule has 2 unspecified atom stereocenters. The molecule has 0 aliphatic carbocycles. The summed E-state index contributed by atoms with van der Waals surface area (Å²) in [5.74, 6) is 2.38. The van der Waals surface area contributed by atoms with Gasteiger partial charge >= 0.3 is 0 Å². The van der Waals surface area contributed by atoms with E-state index in [4.69, 9.17) is 9.47 Å². The monoisotopic (exact) mass is 249 g/mol. The molecule has 2 rings (SSSR count). The lowest BCUT2D eigenvalue weighted by Crippen LogP contribution is -2.30. The maximum absolute atomic E-state index is 6.11.